The number of tetrazole rings is 1. The maximum absolute atomic E-state index is 13.7. The number of H-pyrrole nitrogens is 1. The van der Waals surface area contributed by atoms with Crippen molar-refractivity contribution < 1.29 is 42.6 Å². The van der Waals surface area contributed by atoms with Crippen LogP contribution in [0.4, 0.5) is 29.3 Å². The maximum atomic E-state index is 13.7. The van der Waals surface area contributed by atoms with Crippen molar-refractivity contribution in [2.45, 2.75) is 44.3 Å². The van der Waals surface area contributed by atoms with E-state index in [1.807, 2.05) is 12.1 Å². The van der Waals surface area contributed by atoms with Gasteiger partial charge in [0.25, 0.3) is 0 Å². The van der Waals surface area contributed by atoms with Crippen molar-refractivity contribution in [1.29, 1.82) is 0 Å². The van der Waals surface area contributed by atoms with Crippen molar-refractivity contribution in [3.8, 4) is 22.5 Å². The second-order valence-corrected chi connectivity index (χ2v) is 13.8. The maximum Gasteiger partial charge on any atom is 0.490 e. The quantitative estimate of drug-likeness (QED) is 0.124. The summed E-state index contributed by atoms with van der Waals surface area (Å²) in [6.07, 6.45) is -3.01. The fourth-order valence-electron chi connectivity index (χ4n) is 6.57. The summed E-state index contributed by atoms with van der Waals surface area (Å²) < 4.78 is 31.7. The molecular formula is C38H44F3N9O6. The summed E-state index contributed by atoms with van der Waals surface area (Å²) >= 11 is 0. The van der Waals surface area contributed by atoms with Crippen LogP contribution in [0, 0.1) is 11.8 Å². The molecule has 56 heavy (non-hydrogen) atoms. The number of rotatable bonds is 11. The second kappa shape index (κ2) is 19.0. The number of hydrogen-bond acceptors (Lipinski definition) is 9. The average Bonchev–Trinajstić information content (AvgIpc) is 3.73. The third kappa shape index (κ3) is 12.0. The largest absolute Gasteiger partial charge is 0.490 e. The Hall–Kier alpha value is -6.04. The third-order valence-corrected chi connectivity index (χ3v) is 9.85. The van der Waals surface area contributed by atoms with E-state index in [0.717, 1.165) is 61.3 Å². The minimum absolute atomic E-state index is 0.158. The number of alkyl halides is 3. The molecule has 18 heteroatoms. The molecule has 0 radical (unpaired) electrons. The molecule has 1 atom stereocenters. The van der Waals surface area contributed by atoms with Gasteiger partial charge in [-0.2, -0.15) is 18.4 Å². The van der Waals surface area contributed by atoms with Crippen LogP contribution >= 0.6 is 0 Å². The first kappa shape index (κ1) is 41.1. The van der Waals surface area contributed by atoms with Crippen LogP contribution in [-0.2, 0) is 20.8 Å². The van der Waals surface area contributed by atoms with Crippen molar-refractivity contribution in [2.24, 2.45) is 11.8 Å². The highest BCUT2D eigenvalue weighted by Gasteiger charge is 2.38. The van der Waals surface area contributed by atoms with Crippen LogP contribution in [0.25, 0.3) is 22.5 Å². The van der Waals surface area contributed by atoms with Crippen LogP contribution in [0.2, 0.25) is 0 Å². The summed E-state index contributed by atoms with van der Waals surface area (Å²) in [4.78, 5) is 51.7. The molecule has 1 saturated carbocycles. The minimum atomic E-state index is -5.08. The zero-order chi connectivity index (χ0) is 40.2. The van der Waals surface area contributed by atoms with Crippen LogP contribution < -0.4 is 20.9 Å². The van der Waals surface area contributed by atoms with Crippen molar-refractivity contribution in [2.75, 3.05) is 50.0 Å². The number of halogens is 3. The SMILES string of the molecule is CN1CCN(c2ccc(-c3ccc(C[C@H](NC(=O)[C@H]4CC[C@H](CNC(=O)O)CC4)C(=O)Nc4ccc(-c5nn[nH]n5)cc4)cc3)cc2)CC1.O=C(O)C(F)(F)F. The molecule has 4 aromatic rings. The van der Waals surface area contributed by atoms with Gasteiger partial charge in [-0.25, -0.2) is 9.59 Å². The molecule has 0 bridgehead atoms. The van der Waals surface area contributed by atoms with E-state index in [9.17, 15) is 27.6 Å². The Bertz CT molecular complexity index is 1900. The average molecular weight is 780 g/mol. The molecule has 1 aliphatic carbocycles. The number of carbonyl (C=O) groups is 4. The smallest absolute Gasteiger partial charge is 0.475 e. The number of aromatic nitrogens is 4. The number of piperazine rings is 1. The van der Waals surface area contributed by atoms with Gasteiger partial charge in [0.2, 0.25) is 17.6 Å². The highest BCUT2D eigenvalue weighted by molar-refractivity contribution is 5.97. The lowest BCUT2D eigenvalue weighted by molar-refractivity contribution is -0.192. The van der Waals surface area contributed by atoms with E-state index >= 15 is 0 Å². The third-order valence-electron chi connectivity index (χ3n) is 9.85. The summed E-state index contributed by atoms with van der Waals surface area (Å²) in [7, 11) is 2.16. The van der Waals surface area contributed by atoms with Crippen LogP contribution in [0.1, 0.15) is 31.2 Å². The number of amides is 3. The number of carboxylic acids is 1. The molecule has 2 heterocycles. The molecule has 1 aromatic heterocycles. The van der Waals surface area contributed by atoms with Gasteiger partial charge < -0.3 is 36.0 Å². The van der Waals surface area contributed by atoms with E-state index < -0.39 is 24.3 Å². The van der Waals surface area contributed by atoms with Gasteiger partial charge in [0.15, 0.2) is 0 Å². The number of anilines is 2. The van der Waals surface area contributed by atoms with E-state index in [1.54, 1.807) is 24.3 Å². The molecule has 15 nitrogen and oxygen atoms in total. The van der Waals surface area contributed by atoms with E-state index in [0.29, 0.717) is 37.3 Å². The molecule has 1 saturated heterocycles. The molecule has 3 aromatic carbocycles. The minimum Gasteiger partial charge on any atom is -0.475 e. The molecule has 0 spiro atoms. The monoisotopic (exact) mass is 779 g/mol. The summed E-state index contributed by atoms with van der Waals surface area (Å²) in [6.45, 7) is 4.55. The number of benzene rings is 3. The molecule has 2 aliphatic rings. The predicted molar refractivity (Wildman–Crippen MR) is 201 cm³/mol. The topological polar surface area (TPSA) is 206 Å². The summed E-state index contributed by atoms with van der Waals surface area (Å²) in [5.41, 5.74) is 5.68. The Balaban J connectivity index is 0.000000784. The molecular weight excluding hydrogens is 735 g/mol. The van der Waals surface area contributed by atoms with Gasteiger partial charge in [0.05, 0.1) is 0 Å². The van der Waals surface area contributed by atoms with E-state index in [4.69, 9.17) is 15.0 Å². The standard InChI is InChI=1S/C36H43N9O4.C2HF3O2/c1-44-18-20-45(21-19-44)31-16-12-27(13-17-31)26-6-2-24(3-7-26)22-32(39-34(46)29-8-4-25(5-9-29)23-37-36(48)49)35(47)38-30-14-10-28(11-15-30)33-40-42-43-41-33;3-2(4,5)1(6)7/h2-3,6-7,10-17,25,29,32,37H,4-5,8-9,18-23H2,1H3,(H,38,47)(H,39,46)(H,48,49)(H,40,41,42,43);(H,6,7)/t25-,29-,32-;/m0./s1. The van der Waals surface area contributed by atoms with Gasteiger partial charge in [-0.05, 0) is 97.0 Å². The molecule has 3 amide bonds. The van der Waals surface area contributed by atoms with Crippen molar-refractivity contribution >= 4 is 35.3 Å². The number of aliphatic carboxylic acids is 1. The van der Waals surface area contributed by atoms with Gasteiger partial charge >= 0.3 is 18.2 Å². The Morgan fingerprint density at radius 3 is 1.95 bits per heavy atom. The Labute approximate surface area is 320 Å². The van der Waals surface area contributed by atoms with Gasteiger partial charge in [-0.3, -0.25) is 9.59 Å². The first-order valence-corrected chi connectivity index (χ1v) is 18.1. The fraction of sp³-hybridized carbons (Fsp3) is 0.395. The number of hydrogen-bond donors (Lipinski definition) is 6. The Morgan fingerprint density at radius 2 is 1.41 bits per heavy atom. The summed E-state index contributed by atoms with van der Waals surface area (Å²) in [5.74, 6) is -2.81. The molecule has 0 unspecified atom stereocenters. The van der Waals surface area contributed by atoms with E-state index in [-0.39, 0.29) is 23.7 Å². The van der Waals surface area contributed by atoms with Gasteiger partial charge in [0.1, 0.15) is 6.04 Å². The zero-order valence-electron chi connectivity index (χ0n) is 30.6. The van der Waals surface area contributed by atoms with Crippen LogP contribution in [0.3, 0.4) is 0 Å². The lowest BCUT2D eigenvalue weighted by Crippen LogP contribution is -2.48. The van der Waals surface area contributed by atoms with Crippen molar-refractivity contribution in [3.05, 3.63) is 78.4 Å². The Morgan fingerprint density at radius 1 is 0.839 bits per heavy atom. The van der Waals surface area contributed by atoms with Crippen LogP contribution in [-0.4, -0.2) is 112 Å². The number of carboxylic acid groups (broad SMARTS) is 2. The number of carbonyl (C=O) groups excluding carboxylic acids is 2. The van der Waals surface area contributed by atoms with Crippen molar-refractivity contribution in [3.63, 3.8) is 0 Å². The van der Waals surface area contributed by atoms with Crippen LogP contribution in [0.5, 0.6) is 0 Å². The zero-order valence-corrected chi connectivity index (χ0v) is 30.6. The van der Waals surface area contributed by atoms with Gasteiger partial charge in [-0.1, -0.05) is 36.4 Å². The first-order valence-electron chi connectivity index (χ1n) is 18.1. The summed E-state index contributed by atoms with van der Waals surface area (Å²) in [6, 6.07) is 23.1. The predicted octanol–water partition coefficient (Wildman–Crippen LogP) is 4.66. The highest BCUT2D eigenvalue weighted by Crippen LogP contribution is 2.29. The molecule has 1 aliphatic heterocycles. The normalized spacial score (nSPS) is 17.8. The molecule has 6 rings (SSSR count). The first-order chi connectivity index (χ1) is 26.7. The van der Waals surface area contributed by atoms with E-state index in [1.165, 1.54) is 5.69 Å². The molecule has 6 N–H and O–H groups in total. The number of nitrogens with zero attached hydrogens (tertiary/aromatic N) is 5. The lowest BCUT2D eigenvalue weighted by atomic mass is 9.81. The highest BCUT2D eigenvalue weighted by atomic mass is 19.4. The van der Waals surface area contributed by atoms with Crippen LogP contribution in [0.15, 0.2) is 72.8 Å². The second-order valence-electron chi connectivity index (χ2n) is 13.8. The number of aromatic amines is 1. The Kier molecular flexibility index (Phi) is 14.0. The fourth-order valence-corrected chi connectivity index (χ4v) is 6.57. The molecule has 298 valence electrons. The van der Waals surface area contributed by atoms with Gasteiger partial charge in [-0.15, -0.1) is 10.2 Å². The van der Waals surface area contributed by atoms with E-state index in [2.05, 4.69) is 89.8 Å². The molecule has 2 fully saturated rings. The lowest BCUT2D eigenvalue weighted by Gasteiger charge is -2.34. The van der Waals surface area contributed by atoms with Gasteiger partial charge in [0, 0.05) is 62.0 Å². The summed E-state index contributed by atoms with van der Waals surface area (Å²) in [5, 5.41) is 38.5. The number of likely N-dealkylation sites (N-methyl/N-ethyl adjacent to an activating group) is 1. The van der Waals surface area contributed by atoms with Crippen molar-refractivity contribution in [1.82, 2.24) is 36.2 Å². The number of nitrogens with one attached hydrogen (secondary N) is 4.